The summed E-state index contributed by atoms with van der Waals surface area (Å²) in [7, 11) is 1.54. The average molecular weight is 351 g/mol. The molecular formula is C18H26FN3O3. The van der Waals surface area contributed by atoms with Crippen molar-refractivity contribution in [2.24, 2.45) is 5.73 Å². The molecular weight excluding hydrogens is 325 g/mol. The fraction of sp³-hybridized carbons (Fsp3) is 0.556. The molecule has 1 aromatic rings. The first kappa shape index (κ1) is 19.3. The van der Waals surface area contributed by atoms with Crippen LogP contribution in [0.25, 0.3) is 0 Å². The molecule has 0 saturated carbocycles. The average Bonchev–Trinajstić information content (AvgIpc) is 2.85. The number of carbonyl (C=O) groups is 2. The van der Waals surface area contributed by atoms with Crippen molar-refractivity contribution < 1.29 is 18.7 Å². The summed E-state index contributed by atoms with van der Waals surface area (Å²) in [5, 5.41) is 0. The van der Waals surface area contributed by atoms with Gasteiger partial charge in [0.2, 0.25) is 11.8 Å². The Bertz CT molecular complexity index is 593. The van der Waals surface area contributed by atoms with Crippen LogP contribution in [0.15, 0.2) is 24.3 Å². The molecule has 1 aliphatic heterocycles. The lowest BCUT2D eigenvalue weighted by Gasteiger charge is -2.23. The van der Waals surface area contributed by atoms with Crippen molar-refractivity contribution in [2.75, 3.05) is 39.8 Å². The van der Waals surface area contributed by atoms with E-state index in [-0.39, 0.29) is 36.6 Å². The van der Waals surface area contributed by atoms with Crippen LogP contribution in [0.3, 0.4) is 0 Å². The Labute approximate surface area is 147 Å². The molecule has 1 aromatic carbocycles. The van der Waals surface area contributed by atoms with E-state index in [0.29, 0.717) is 38.3 Å². The van der Waals surface area contributed by atoms with Gasteiger partial charge in [0.25, 0.3) is 0 Å². The molecule has 7 heteroatoms. The van der Waals surface area contributed by atoms with E-state index in [2.05, 4.69) is 0 Å². The van der Waals surface area contributed by atoms with Gasteiger partial charge in [-0.3, -0.25) is 9.59 Å². The molecule has 1 heterocycles. The molecule has 0 aliphatic carbocycles. The second-order valence-corrected chi connectivity index (χ2v) is 6.22. The number of nitrogens with zero attached hydrogens (tertiary/aromatic N) is 2. The molecule has 1 aliphatic rings. The minimum Gasteiger partial charge on any atom is -0.380 e. The Morgan fingerprint density at radius 3 is 2.48 bits per heavy atom. The number of benzene rings is 1. The molecule has 6 nitrogen and oxygen atoms in total. The van der Waals surface area contributed by atoms with E-state index in [1.54, 1.807) is 29.0 Å². The van der Waals surface area contributed by atoms with Gasteiger partial charge >= 0.3 is 0 Å². The standard InChI is InChI=1S/C18H26FN3O3/c1-25-16(13-20)12-18(24)22-7-3-6-21(8-9-22)17(23)11-14-4-2-5-15(19)10-14/h2,4-5,10,16H,3,6-9,11-13,20H2,1H3. The van der Waals surface area contributed by atoms with E-state index >= 15 is 0 Å². The van der Waals surface area contributed by atoms with Crippen LogP contribution in [0.1, 0.15) is 18.4 Å². The largest absolute Gasteiger partial charge is 0.380 e. The van der Waals surface area contributed by atoms with Crippen molar-refractivity contribution >= 4 is 11.8 Å². The number of carbonyl (C=O) groups excluding carboxylic acids is 2. The third kappa shape index (κ3) is 5.79. The molecule has 138 valence electrons. The molecule has 2 rings (SSSR count). The predicted octanol–water partition coefficient (Wildman–Crippen LogP) is 0.793. The maximum atomic E-state index is 13.2. The summed E-state index contributed by atoms with van der Waals surface area (Å²) < 4.78 is 18.4. The Morgan fingerprint density at radius 2 is 1.88 bits per heavy atom. The van der Waals surface area contributed by atoms with E-state index in [0.717, 1.165) is 6.42 Å². The van der Waals surface area contributed by atoms with Gasteiger partial charge in [-0.2, -0.15) is 0 Å². The number of ether oxygens (including phenoxy) is 1. The third-order valence-electron chi connectivity index (χ3n) is 4.44. The number of hydrogen-bond donors (Lipinski definition) is 1. The summed E-state index contributed by atoms with van der Waals surface area (Å²) in [5.41, 5.74) is 6.22. The molecule has 0 aromatic heterocycles. The van der Waals surface area contributed by atoms with Crippen molar-refractivity contribution in [1.29, 1.82) is 0 Å². The van der Waals surface area contributed by atoms with Crippen molar-refractivity contribution in [3.05, 3.63) is 35.6 Å². The molecule has 0 bridgehead atoms. The van der Waals surface area contributed by atoms with E-state index in [1.807, 2.05) is 0 Å². The van der Waals surface area contributed by atoms with Gasteiger partial charge in [0, 0.05) is 39.8 Å². The fourth-order valence-corrected chi connectivity index (χ4v) is 2.94. The number of nitrogens with two attached hydrogens (primary N) is 1. The minimum absolute atomic E-state index is 0.00303. The zero-order chi connectivity index (χ0) is 18.2. The summed E-state index contributed by atoms with van der Waals surface area (Å²) in [6.45, 7) is 2.50. The Kier molecular flexibility index (Phi) is 7.33. The normalized spacial score (nSPS) is 16.4. The molecule has 0 radical (unpaired) electrons. The molecule has 1 atom stereocenters. The van der Waals surface area contributed by atoms with Crippen molar-refractivity contribution in [3.63, 3.8) is 0 Å². The maximum absolute atomic E-state index is 13.2. The lowest BCUT2D eigenvalue weighted by molar-refractivity contribution is -0.134. The van der Waals surface area contributed by atoms with E-state index in [4.69, 9.17) is 10.5 Å². The summed E-state index contributed by atoms with van der Waals surface area (Å²) >= 11 is 0. The highest BCUT2D eigenvalue weighted by molar-refractivity contribution is 5.79. The van der Waals surface area contributed by atoms with Gasteiger partial charge < -0.3 is 20.3 Å². The Hall–Kier alpha value is -1.99. The molecule has 1 fully saturated rings. The van der Waals surface area contributed by atoms with Crippen LogP contribution in [0.2, 0.25) is 0 Å². The predicted molar refractivity (Wildman–Crippen MR) is 92.3 cm³/mol. The second kappa shape index (κ2) is 9.48. The summed E-state index contributed by atoms with van der Waals surface area (Å²) in [6, 6.07) is 6.08. The second-order valence-electron chi connectivity index (χ2n) is 6.22. The Balaban J connectivity index is 1.87. The van der Waals surface area contributed by atoms with Gasteiger partial charge in [0.05, 0.1) is 18.9 Å². The number of halogens is 1. The highest BCUT2D eigenvalue weighted by Gasteiger charge is 2.23. The minimum atomic E-state index is -0.342. The first-order chi connectivity index (χ1) is 12.0. The van der Waals surface area contributed by atoms with Gasteiger partial charge in [0.15, 0.2) is 0 Å². The molecule has 2 amide bonds. The van der Waals surface area contributed by atoms with Crippen LogP contribution < -0.4 is 5.73 Å². The topological polar surface area (TPSA) is 75.9 Å². The van der Waals surface area contributed by atoms with E-state index in [1.165, 1.54) is 12.1 Å². The third-order valence-corrected chi connectivity index (χ3v) is 4.44. The number of methoxy groups -OCH3 is 1. The zero-order valence-corrected chi connectivity index (χ0v) is 14.6. The smallest absolute Gasteiger partial charge is 0.227 e. The molecule has 0 spiro atoms. The van der Waals surface area contributed by atoms with Crippen molar-refractivity contribution in [2.45, 2.75) is 25.4 Å². The van der Waals surface area contributed by atoms with Gasteiger partial charge in [0.1, 0.15) is 5.82 Å². The van der Waals surface area contributed by atoms with Crippen LogP contribution in [0.5, 0.6) is 0 Å². The summed E-state index contributed by atoms with van der Waals surface area (Å²) in [4.78, 5) is 28.3. The lowest BCUT2D eigenvalue weighted by atomic mass is 10.1. The van der Waals surface area contributed by atoms with Gasteiger partial charge in [-0.25, -0.2) is 4.39 Å². The van der Waals surface area contributed by atoms with Crippen LogP contribution in [-0.2, 0) is 20.7 Å². The van der Waals surface area contributed by atoms with Gasteiger partial charge in [-0.15, -0.1) is 0 Å². The van der Waals surface area contributed by atoms with Crippen LogP contribution in [0, 0.1) is 5.82 Å². The molecule has 1 unspecified atom stereocenters. The van der Waals surface area contributed by atoms with Crippen molar-refractivity contribution in [3.8, 4) is 0 Å². The number of hydrogen-bond acceptors (Lipinski definition) is 4. The fourth-order valence-electron chi connectivity index (χ4n) is 2.94. The summed E-state index contributed by atoms with van der Waals surface area (Å²) in [6.07, 6.45) is 0.872. The molecule has 2 N–H and O–H groups in total. The monoisotopic (exact) mass is 351 g/mol. The SMILES string of the molecule is COC(CN)CC(=O)N1CCCN(C(=O)Cc2cccc(F)c2)CC1. The first-order valence-corrected chi connectivity index (χ1v) is 8.56. The summed E-state index contributed by atoms with van der Waals surface area (Å²) in [5.74, 6) is -0.390. The van der Waals surface area contributed by atoms with E-state index in [9.17, 15) is 14.0 Å². The molecule has 25 heavy (non-hydrogen) atoms. The van der Waals surface area contributed by atoms with Crippen LogP contribution in [0.4, 0.5) is 4.39 Å². The zero-order valence-electron chi connectivity index (χ0n) is 14.6. The van der Waals surface area contributed by atoms with Gasteiger partial charge in [-0.1, -0.05) is 12.1 Å². The lowest BCUT2D eigenvalue weighted by Crippen LogP contribution is -2.39. The first-order valence-electron chi connectivity index (χ1n) is 8.56. The highest BCUT2D eigenvalue weighted by Crippen LogP contribution is 2.11. The highest BCUT2D eigenvalue weighted by atomic mass is 19.1. The quantitative estimate of drug-likeness (QED) is 0.822. The van der Waals surface area contributed by atoms with Crippen molar-refractivity contribution in [1.82, 2.24) is 9.80 Å². The van der Waals surface area contributed by atoms with Crippen LogP contribution in [-0.4, -0.2) is 67.6 Å². The number of amides is 2. The van der Waals surface area contributed by atoms with Gasteiger partial charge in [-0.05, 0) is 24.1 Å². The Morgan fingerprint density at radius 1 is 1.20 bits per heavy atom. The molecule has 1 saturated heterocycles. The number of rotatable bonds is 6. The van der Waals surface area contributed by atoms with E-state index < -0.39 is 0 Å². The maximum Gasteiger partial charge on any atom is 0.227 e. The van der Waals surface area contributed by atoms with Crippen LogP contribution >= 0.6 is 0 Å².